The first-order valence-electron chi connectivity index (χ1n) is 11.3. The van der Waals surface area contributed by atoms with E-state index in [0.29, 0.717) is 36.7 Å². The van der Waals surface area contributed by atoms with E-state index in [1.165, 1.54) is 12.1 Å². The van der Waals surface area contributed by atoms with Crippen LogP contribution in [0, 0.1) is 12.7 Å². The Bertz CT molecular complexity index is 1200. The van der Waals surface area contributed by atoms with Gasteiger partial charge in [0.25, 0.3) is 5.91 Å². The lowest BCUT2D eigenvalue weighted by atomic mass is 10.1. The minimum Gasteiger partial charge on any atom is -0.328 e. The van der Waals surface area contributed by atoms with Gasteiger partial charge in [-0.2, -0.15) is 0 Å². The number of fused-ring (bicyclic) bond motifs is 1. The molecule has 0 aliphatic carbocycles. The summed E-state index contributed by atoms with van der Waals surface area (Å²) in [5.41, 5.74) is 3.24. The van der Waals surface area contributed by atoms with Gasteiger partial charge in [-0.05, 0) is 56.0 Å². The van der Waals surface area contributed by atoms with Gasteiger partial charge in [0.15, 0.2) is 5.82 Å². The van der Waals surface area contributed by atoms with Crippen molar-refractivity contribution in [3.63, 3.8) is 0 Å². The maximum atomic E-state index is 13.2. The third-order valence-corrected chi connectivity index (χ3v) is 6.46. The third kappa shape index (κ3) is 4.11. The van der Waals surface area contributed by atoms with E-state index in [1.807, 2.05) is 42.2 Å². The Hall–Kier alpha value is -3.61. The van der Waals surface area contributed by atoms with Crippen LogP contribution in [0.3, 0.4) is 0 Å². The lowest BCUT2D eigenvalue weighted by Crippen LogP contribution is -2.32. The van der Waals surface area contributed by atoms with Gasteiger partial charge in [0, 0.05) is 29.9 Å². The van der Waals surface area contributed by atoms with Gasteiger partial charge in [0.1, 0.15) is 11.6 Å². The summed E-state index contributed by atoms with van der Waals surface area (Å²) >= 11 is 0. The normalized spacial score (nSPS) is 17.5. The molecule has 2 aromatic carbocycles. The summed E-state index contributed by atoms with van der Waals surface area (Å²) in [6.07, 6.45) is 2.56. The van der Waals surface area contributed by atoms with Gasteiger partial charge in [-0.1, -0.05) is 30.3 Å². The molecular weight excluding hydrogens is 419 g/mol. The molecule has 2 aliphatic rings. The monoisotopic (exact) mass is 444 g/mol. The van der Waals surface area contributed by atoms with Gasteiger partial charge in [-0.25, -0.2) is 14.4 Å². The fourth-order valence-corrected chi connectivity index (χ4v) is 4.69. The van der Waals surface area contributed by atoms with E-state index in [-0.39, 0.29) is 30.1 Å². The molecule has 0 bridgehead atoms. The Morgan fingerprint density at radius 2 is 1.85 bits per heavy atom. The molecule has 0 spiro atoms. The van der Waals surface area contributed by atoms with Crippen molar-refractivity contribution < 1.29 is 14.0 Å². The standard InChI is InChI=1S/C26H25FN4O2/c1-17-21-16-23(32)31(15-13-18-9-11-20(27)12-10-18)25(21)29-24(28-17)22-8-5-14-30(22)26(33)19-6-3-2-4-7-19/h2-4,6-7,9-12,22H,5,8,13-16H2,1H3/t22-/m1/s1. The summed E-state index contributed by atoms with van der Waals surface area (Å²) in [6, 6.07) is 15.4. The summed E-state index contributed by atoms with van der Waals surface area (Å²) in [5, 5.41) is 0. The molecule has 3 aromatic rings. The average molecular weight is 445 g/mol. The molecule has 7 heteroatoms. The zero-order valence-electron chi connectivity index (χ0n) is 18.5. The van der Waals surface area contributed by atoms with Crippen LogP contribution in [-0.4, -0.2) is 39.8 Å². The summed E-state index contributed by atoms with van der Waals surface area (Å²) in [4.78, 5) is 39.0. The highest BCUT2D eigenvalue weighted by molar-refractivity contribution is 6.00. The van der Waals surface area contributed by atoms with Gasteiger partial charge >= 0.3 is 0 Å². The van der Waals surface area contributed by atoms with Crippen molar-refractivity contribution >= 4 is 17.6 Å². The predicted octanol–water partition coefficient (Wildman–Crippen LogP) is 4.03. The van der Waals surface area contributed by atoms with Crippen LogP contribution in [0.5, 0.6) is 0 Å². The molecule has 6 nitrogen and oxygen atoms in total. The third-order valence-electron chi connectivity index (χ3n) is 6.46. The molecule has 0 radical (unpaired) electrons. The minimum atomic E-state index is -0.277. The van der Waals surface area contributed by atoms with Crippen LogP contribution in [-0.2, 0) is 17.6 Å². The van der Waals surface area contributed by atoms with Crippen molar-refractivity contribution in [2.24, 2.45) is 0 Å². The molecule has 0 saturated carbocycles. The van der Waals surface area contributed by atoms with Gasteiger partial charge in [-0.15, -0.1) is 0 Å². The lowest BCUT2D eigenvalue weighted by molar-refractivity contribution is -0.117. The summed E-state index contributed by atoms with van der Waals surface area (Å²) in [7, 11) is 0. The fourth-order valence-electron chi connectivity index (χ4n) is 4.69. The predicted molar refractivity (Wildman–Crippen MR) is 122 cm³/mol. The van der Waals surface area contributed by atoms with E-state index < -0.39 is 0 Å². The number of amides is 2. The van der Waals surface area contributed by atoms with Gasteiger partial charge in [0.05, 0.1) is 12.5 Å². The first kappa shape index (κ1) is 21.2. The van der Waals surface area contributed by atoms with E-state index in [9.17, 15) is 14.0 Å². The molecular formula is C26H25FN4O2. The fraction of sp³-hybridized carbons (Fsp3) is 0.308. The Kier molecular flexibility index (Phi) is 5.62. The number of rotatable bonds is 5. The van der Waals surface area contributed by atoms with Crippen molar-refractivity contribution in [2.75, 3.05) is 18.0 Å². The maximum absolute atomic E-state index is 13.2. The van der Waals surface area contributed by atoms with Crippen molar-refractivity contribution in [3.05, 3.63) is 88.6 Å². The molecule has 1 atom stereocenters. The zero-order valence-corrected chi connectivity index (χ0v) is 18.5. The van der Waals surface area contributed by atoms with Gasteiger partial charge < -0.3 is 4.90 Å². The lowest BCUT2D eigenvalue weighted by Gasteiger charge is -2.25. The number of likely N-dealkylation sites (tertiary alicyclic amines) is 1. The van der Waals surface area contributed by atoms with E-state index in [4.69, 9.17) is 9.97 Å². The number of anilines is 1. The van der Waals surface area contributed by atoms with Crippen LogP contribution >= 0.6 is 0 Å². The first-order chi connectivity index (χ1) is 16.0. The van der Waals surface area contributed by atoms with Crippen LogP contribution in [0.4, 0.5) is 10.2 Å². The highest BCUT2D eigenvalue weighted by Crippen LogP contribution is 2.35. The summed E-state index contributed by atoms with van der Waals surface area (Å²) < 4.78 is 13.2. The van der Waals surface area contributed by atoms with Crippen LogP contribution in [0.15, 0.2) is 54.6 Å². The molecule has 1 fully saturated rings. The maximum Gasteiger partial charge on any atom is 0.254 e. The number of halogens is 1. The molecule has 1 saturated heterocycles. The second-order valence-electron chi connectivity index (χ2n) is 8.59. The topological polar surface area (TPSA) is 66.4 Å². The van der Waals surface area contributed by atoms with E-state index >= 15 is 0 Å². The Morgan fingerprint density at radius 1 is 1.09 bits per heavy atom. The molecule has 168 valence electrons. The number of nitrogens with zero attached hydrogens (tertiary/aromatic N) is 4. The number of hydrogen-bond donors (Lipinski definition) is 0. The number of carbonyl (C=O) groups is 2. The van der Waals surface area contributed by atoms with Gasteiger partial charge in [-0.3, -0.25) is 14.5 Å². The summed E-state index contributed by atoms with van der Waals surface area (Å²) in [5.74, 6) is 0.924. The second-order valence-corrected chi connectivity index (χ2v) is 8.59. The number of aryl methyl sites for hydroxylation is 1. The van der Waals surface area contributed by atoms with Crippen molar-refractivity contribution in [1.82, 2.24) is 14.9 Å². The first-order valence-corrected chi connectivity index (χ1v) is 11.3. The van der Waals surface area contributed by atoms with Crippen LogP contribution in [0.25, 0.3) is 0 Å². The Morgan fingerprint density at radius 3 is 2.61 bits per heavy atom. The second kappa shape index (κ2) is 8.73. The average Bonchev–Trinajstić information content (AvgIpc) is 3.44. The molecule has 0 unspecified atom stereocenters. The molecule has 33 heavy (non-hydrogen) atoms. The van der Waals surface area contributed by atoms with E-state index in [1.54, 1.807) is 17.0 Å². The number of aromatic nitrogens is 2. The van der Waals surface area contributed by atoms with E-state index in [0.717, 1.165) is 29.7 Å². The molecule has 2 amide bonds. The smallest absolute Gasteiger partial charge is 0.254 e. The number of carbonyl (C=O) groups excluding carboxylic acids is 2. The molecule has 1 aromatic heterocycles. The van der Waals surface area contributed by atoms with Crippen LogP contribution in [0.2, 0.25) is 0 Å². The Labute approximate surface area is 192 Å². The van der Waals surface area contributed by atoms with Crippen LogP contribution in [0.1, 0.15) is 51.9 Å². The highest BCUT2D eigenvalue weighted by Gasteiger charge is 2.36. The quantitative estimate of drug-likeness (QED) is 0.596. The minimum absolute atomic E-state index is 0.00898. The highest BCUT2D eigenvalue weighted by atomic mass is 19.1. The zero-order chi connectivity index (χ0) is 22.9. The van der Waals surface area contributed by atoms with Crippen LogP contribution < -0.4 is 4.90 Å². The van der Waals surface area contributed by atoms with Crippen molar-refractivity contribution in [3.8, 4) is 0 Å². The molecule has 3 heterocycles. The Balaban J connectivity index is 1.41. The number of benzene rings is 2. The summed E-state index contributed by atoms with van der Waals surface area (Å²) in [6.45, 7) is 3.02. The molecule has 2 aliphatic heterocycles. The molecule has 5 rings (SSSR count). The van der Waals surface area contributed by atoms with E-state index in [2.05, 4.69) is 0 Å². The SMILES string of the molecule is Cc1nc([C@H]2CCCN2C(=O)c2ccccc2)nc2c1CC(=O)N2CCc1ccc(F)cc1. The van der Waals surface area contributed by atoms with Gasteiger partial charge in [0.2, 0.25) is 5.91 Å². The largest absolute Gasteiger partial charge is 0.328 e. The molecule has 0 N–H and O–H groups in total. The number of hydrogen-bond acceptors (Lipinski definition) is 4. The van der Waals surface area contributed by atoms with Crippen molar-refractivity contribution in [1.29, 1.82) is 0 Å². The van der Waals surface area contributed by atoms with Crippen molar-refractivity contribution in [2.45, 2.75) is 38.6 Å².